The Balaban J connectivity index is 1.93. The molecule has 2 nitrogen and oxygen atoms in total. The van der Waals surface area contributed by atoms with Crippen LogP contribution in [0.2, 0.25) is 0 Å². The van der Waals surface area contributed by atoms with Crippen molar-refractivity contribution in [3.8, 4) is 0 Å². The average molecular weight is 235 g/mol. The minimum absolute atomic E-state index is 1.09. The lowest BCUT2D eigenvalue weighted by Crippen LogP contribution is -2.25. The van der Waals surface area contributed by atoms with Gasteiger partial charge in [-0.2, -0.15) is 4.57 Å². The molecule has 0 unspecified atom stereocenters. The topological polar surface area (TPSA) is 15.9 Å². The van der Waals surface area contributed by atoms with Gasteiger partial charge in [0.15, 0.2) is 18.6 Å². The number of hydrogen-bond donors (Lipinski definition) is 1. The number of hydrogen-bond acceptors (Lipinski definition) is 1. The van der Waals surface area contributed by atoms with E-state index in [1.807, 2.05) is 35.2 Å². The largest absolute Gasteiger partial charge is 0.350 e. The number of rotatable bonds is 1. The molecule has 2 aromatic rings. The third kappa shape index (κ3) is 2.18. The van der Waals surface area contributed by atoms with Gasteiger partial charge < -0.3 is 5.32 Å². The number of fused-ring (bicyclic) bond motifs is 1. The molecule has 3 rings (SSSR count). The summed E-state index contributed by atoms with van der Waals surface area (Å²) in [6, 6.07) is 12.5. The van der Waals surface area contributed by atoms with Crippen molar-refractivity contribution < 1.29 is 4.57 Å². The molecular formula is C16H15N2+. The normalized spacial score (nSPS) is 15.3. The molecule has 0 atom stereocenters. The molecule has 0 bridgehead atoms. The van der Waals surface area contributed by atoms with E-state index in [9.17, 15) is 0 Å². The number of anilines is 1. The Morgan fingerprint density at radius 3 is 2.72 bits per heavy atom. The smallest absolute Gasteiger partial charge is 0.198 e. The summed E-state index contributed by atoms with van der Waals surface area (Å²) in [6.45, 7) is 2.11. The second-order valence-electron chi connectivity index (χ2n) is 4.46. The molecule has 0 fully saturated rings. The van der Waals surface area contributed by atoms with E-state index in [1.165, 1.54) is 11.1 Å². The number of allylic oxidation sites excluding steroid dienone is 1. The van der Waals surface area contributed by atoms with Crippen molar-refractivity contribution in [2.75, 3.05) is 5.32 Å². The highest BCUT2D eigenvalue weighted by atomic mass is 15.0. The standard InChI is InChI=1S/C16H15N2/c1-13-5-8-16-14(11-13)6-7-15(17-16)12-18-9-3-2-4-10-18/h2-12,17H,1H3/q+1/b15-12+. The molecule has 1 aliphatic rings. The summed E-state index contributed by atoms with van der Waals surface area (Å²) in [6.07, 6.45) is 10.4. The molecule has 0 saturated carbocycles. The Hall–Kier alpha value is -2.35. The highest BCUT2D eigenvalue weighted by Gasteiger charge is 2.08. The maximum atomic E-state index is 3.43. The SMILES string of the molecule is Cc1ccc2c(c1)C=C/C(=C\[n+]1ccccc1)N2. The second-order valence-corrected chi connectivity index (χ2v) is 4.46. The quantitative estimate of drug-likeness (QED) is 0.750. The molecule has 0 aliphatic carbocycles. The predicted octanol–water partition coefficient (Wildman–Crippen LogP) is 3.22. The third-order valence-corrected chi connectivity index (χ3v) is 2.96. The number of nitrogens with zero attached hydrogens (tertiary/aromatic N) is 1. The molecular weight excluding hydrogens is 220 g/mol. The van der Waals surface area contributed by atoms with Gasteiger partial charge in [0.05, 0.1) is 0 Å². The van der Waals surface area contributed by atoms with Crippen LogP contribution in [0.5, 0.6) is 0 Å². The molecule has 0 saturated heterocycles. The molecule has 18 heavy (non-hydrogen) atoms. The number of aromatic nitrogens is 1. The monoisotopic (exact) mass is 235 g/mol. The van der Waals surface area contributed by atoms with Crippen LogP contribution in [0, 0.1) is 6.92 Å². The van der Waals surface area contributed by atoms with E-state index >= 15 is 0 Å². The zero-order valence-electron chi connectivity index (χ0n) is 10.3. The summed E-state index contributed by atoms with van der Waals surface area (Å²) >= 11 is 0. The predicted molar refractivity (Wildman–Crippen MR) is 74.7 cm³/mol. The summed E-state index contributed by atoms with van der Waals surface area (Å²) in [4.78, 5) is 0. The molecule has 1 aromatic carbocycles. The first-order valence-corrected chi connectivity index (χ1v) is 6.05. The lowest BCUT2D eigenvalue weighted by Gasteiger charge is -2.14. The first kappa shape index (κ1) is 10.8. The van der Waals surface area contributed by atoms with E-state index in [1.54, 1.807) is 0 Å². The van der Waals surface area contributed by atoms with Gasteiger partial charge in [0, 0.05) is 17.8 Å². The maximum Gasteiger partial charge on any atom is 0.198 e. The fourth-order valence-electron chi connectivity index (χ4n) is 2.04. The van der Waals surface area contributed by atoms with E-state index in [4.69, 9.17) is 0 Å². The summed E-state index contributed by atoms with van der Waals surface area (Å²) in [5.41, 5.74) is 4.77. The summed E-state index contributed by atoms with van der Waals surface area (Å²) in [5.74, 6) is 0. The zero-order chi connectivity index (χ0) is 12.4. The van der Waals surface area contributed by atoms with E-state index < -0.39 is 0 Å². The molecule has 0 spiro atoms. The minimum Gasteiger partial charge on any atom is -0.350 e. The Kier molecular flexibility index (Phi) is 2.69. The third-order valence-electron chi connectivity index (χ3n) is 2.96. The van der Waals surface area contributed by atoms with Crippen molar-refractivity contribution in [2.24, 2.45) is 0 Å². The molecule has 1 N–H and O–H groups in total. The molecule has 1 aromatic heterocycles. The van der Waals surface area contributed by atoms with Crippen LogP contribution in [0.3, 0.4) is 0 Å². The highest BCUT2D eigenvalue weighted by Crippen LogP contribution is 2.25. The Morgan fingerprint density at radius 1 is 1.06 bits per heavy atom. The number of aryl methyl sites for hydroxylation is 1. The van der Waals surface area contributed by atoms with Gasteiger partial charge in [0.25, 0.3) is 0 Å². The second kappa shape index (κ2) is 4.49. The van der Waals surface area contributed by atoms with Gasteiger partial charge in [-0.15, -0.1) is 0 Å². The number of pyridine rings is 1. The van der Waals surface area contributed by atoms with E-state index in [0.29, 0.717) is 0 Å². The first-order chi connectivity index (χ1) is 8.81. The fourth-order valence-corrected chi connectivity index (χ4v) is 2.04. The molecule has 88 valence electrons. The van der Waals surface area contributed by atoms with Crippen LogP contribution in [0.25, 0.3) is 12.3 Å². The first-order valence-electron chi connectivity index (χ1n) is 6.05. The highest BCUT2D eigenvalue weighted by molar-refractivity contribution is 5.76. The number of nitrogens with one attached hydrogen (secondary N) is 1. The lowest BCUT2D eigenvalue weighted by atomic mass is 10.1. The van der Waals surface area contributed by atoms with Gasteiger partial charge in [-0.3, -0.25) is 0 Å². The van der Waals surface area contributed by atoms with E-state index in [2.05, 4.69) is 48.8 Å². The maximum absolute atomic E-state index is 3.43. The van der Waals surface area contributed by atoms with Gasteiger partial charge in [0.2, 0.25) is 0 Å². The van der Waals surface area contributed by atoms with Gasteiger partial charge in [0.1, 0.15) is 5.70 Å². The average Bonchev–Trinajstić information content (AvgIpc) is 2.40. The number of benzene rings is 1. The van der Waals surface area contributed by atoms with Crippen LogP contribution in [0.4, 0.5) is 5.69 Å². The summed E-state index contributed by atoms with van der Waals surface area (Å²) in [5, 5.41) is 3.43. The van der Waals surface area contributed by atoms with Crippen LogP contribution in [0.1, 0.15) is 11.1 Å². The minimum atomic E-state index is 1.09. The van der Waals surface area contributed by atoms with Crippen molar-refractivity contribution >= 4 is 18.0 Å². The van der Waals surface area contributed by atoms with Crippen molar-refractivity contribution in [3.05, 3.63) is 71.7 Å². The molecule has 2 heterocycles. The molecule has 1 aliphatic heterocycles. The molecule has 0 radical (unpaired) electrons. The van der Waals surface area contributed by atoms with Crippen LogP contribution >= 0.6 is 0 Å². The fraction of sp³-hybridized carbons (Fsp3) is 0.0625. The van der Waals surface area contributed by atoms with E-state index in [-0.39, 0.29) is 0 Å². The van der Waals surface area contributed by atoms with E-state index in [0.717, 1.165) is 11.4 Å². The summed E-state index contributed by atoms with van der Waals surface area (Å²) < 4.78 is 2.03. The molecule has 0 amide bonds. The van der Waals surface area contributed by atoms with Crippen molar-refractivity contribution in [1.82, 2.24) is 0 Å². The van der Waals surface area contributed by atoms with Gasteiger partial charge in [-0.05, 0) is 30.7 Å². The van der Waals surface area contributed by atoms with Gasteiger partial charge in [-0.1, -0.05) is 23.8 Å². The van der Waals surface area contributed by atoms with Crippen molar-refractivity contribution in [3.63, 3.8) is 0 Å². The Bertz CT molecular complexity index is 625. The van der Waals surface area contributed by atoms with Crippen LogP contribution in [0.15, 0.2) is 60.6 Å². The zero-order valence-corrected chi connectivity index (χ0v) is 10.3. The molecule has 2 heteroatoms. The van der Waals surface area contributed by atoms with Gasteiger partial charge in [-0.25, -0.2) is 0 Å². The summed E-state index contributed by atoms with van der Waals surface area (Å²) in [7, 11) is 0. The van der Waals surface area contributed by atoms with Crippen LogP contribution < -0.4 is 9.88 Å². The van der Waals surface area contributed by atoms with Gasteiger partial charge >= 0.3 is 0 Å². The van der Waals surface area contributed by atoms with Crippen LogP contribution in [-0.2, 0) is 0 Å². The van der Waals surface area contributed by atoms with Crippen LogP contribution in [-0.4, -0.2) is 0 Å². The Labute approximate surface area is 107 Å². The van der Waals surface area contributed by atoms with Crippen molar-refractivity contribution in [2.45, 2.75) is 6.92 Å². The lowest BCUT2D eigenvalue weighted by molar-refractivity contribution is -0.568. The van der Waals surface area contributed by atoms with Crippen molar-refractivity contribution in [1.29, 1.82) is 0 Å². The Morgan fingerprint density at radius 2 is 1.89 bits per heavy atom.